The molecule has 1 fully saturated rings. The summed E-state index contributed by atoms with van der Waals surface area (Å²) in [6, 6.07) is 8.56. The number of hydrogen-bond acceptors (Lipinski definition) is 2. The Labute approximate surface area is 146 Å². The van der Waals surface area contributed by atoms with E-state index in [2.05, 4.69) is 50.4 Å². The molecule has 3 rings (SSSR count). The van der Waals surface area contributed by atoms with Gasteiger partial charge in [0.05, 0.1) is 6.10 Å². The molecule has 0 bridgehead atoms. The van der Waals surface area contributed by atoms with E-state index in [1.165, 1.54) is 11.1 Å². The van der Waals surface area contributed by atoms with Crippen LogP contribution in [0.5, 0.6) is 0 Å². The van der Waals surface area contributed by atoms with E-state index in [9.17, 15) is 4.79 Å². The molecule has 1 saturated heterocycles. The van der Waals surface area contributed by atoms with Crippen LogP contribution < -0.4 is 5.32 Å². The molecule has 24 heavy (non-hydrogen) atoms. The average Bonchev–Trinajstić information content (AvgIpc) is 2.95. The van der Waals surface area contributed by atoms with Crippen molar-refractivity contribution in [2.75, 3.05) is 13.2 Å². The fourth-order valence-electron chi connectivity index (χ4n) is 4.41. The lowest BCUT2D eigenvalue weighted by Gasteiger charge is -2.40. The minimum absolute atomic E-state index is 0.125. The van der Waals surface area contributed by atoms with Crippen molar-refractivity contribution in [1.82, 2.24) is 5.32 Å². The van der Waals surface area contributed by atoms with Gasteiger partial charge in [-0.1, -0.05) is 45.0 Å². The summed E-state index contributed by atoms with van der Waals surface area (Å²) in [6.45, 7) is 8.29. The lowest BCUT2D eigenvalue weighted by atomic mass is 9.78. The third-order valence-corrected chi connectivity index (χ3v) is 5.55. The van der Waals surface area contributed by atoms with Gasteiger partial charge in [-0.3, -0.25) is 4.79 Å². The number of ether oxygens (including phenoxy) is 1. The van der Waals surface area contributed by atoms with E-state index in [4.69, 9.17) is 4.74 Å². The fourth-order valence-corrected chi connectivity index (χ4v) is 4.41. The van der Waals surface area contributed by atoms with Gasteiger partial charge in [-0.2, -0.15) is 0 Å². The summed E-state index contributed by atoms with van der Waals surface area (Å²) in [6.07, 6.45) is 5.31. The number of hydrogen-bond donors (Lipinski definition) is 1. The first kappa shape index (κ1) is 17.5. The predicted octanol–water partition coefficient (Wildman–Crippen LogP) is 4.06. The van der Waals surface area contributed by atoms with Crippen LogP contribution in [0.1, 0.15) is 63.5 Å². The molecule has 3 unspecified atom stereocenters. The molecule has 0 radical (unpaired) electrons. The zero-order valence-corrected chi connectivity index (χ0v) is 15.3. The van der Waals surface area contributed by atoms with Gasteiger partial charge in [0.25, 0.3) is 0 Å². The van der Waals surface area contributed by atoms with Gasteiger partial charge in [-0.25, -0.2) is 0 Å². The number of carbonyl (C=O) groups excluding carboxylic acids is 1. The lowest BCUT2D eigenvalue weighted by Crippen LogP contribution is -2.45. The number of aryl methyl sites for hydroxylation is 1. The molecule has 1 aliphatic heterocycles. The minimum Gasteiger partial charge on any atom is -0.377 e. The molecule has 2 aliphatic rings. The first-order valence-corrected chi connectivity index (χ1v) is 9.41. The predicted molar refractivity (Wildman–Crippen MR) is 97.0 cm³/mol. The Morgan fingerprint density at radius 1 is 1.25 bits per heavy atom. The van der Waals surface area contributed by atoms with Crippen LogP contribution in [-0.2, 0) is 16.0 Å². The second-order valence-corrected chi connectivity index (χ2v) is 8.50. The molecule has 0 spiro atoms. The minimum atomic E-state index is 0.125. The van der Waals surface area contributed by atoms with E-state index in [1.54, 1.807) is 0 Å². The number of amides is 1. The summed E-state index contributed by atoms with van der Waals surface area (Å²) < 4.78 is 6.02. The van der Waals surface area contributed by atoms with Gasteiger partial charge in [-0.15, -0.1) is 0 Å². The standard InChI is InChI=1S/C21H31NO2/c1-21(2,3)20-17(8-6-12-24-20)14-22-19(23)13-16-11-10-15-7-4-5-9-18(15)16/h4-5,7,9,16-17,20H,6,8,10-14H2,1-3H3,(H,22,23). The van der Waals surface area contributed by atoms with Crippen LogP contribution in [0.15, 0.2) is 24.3 Å². The monoisotopic (exact) mass is 329 g/mol. The number of rotatable bonds is 4. The number of carbonyl (C=O) groups is 1. The highest BCUT2D eigenvalue weighted by molar-refractivity contribution is 5.77. The van der Waals surface area contributed by atoms with Crippen LogP contribution in [-0.4, -0.2) is 25.2 Å². The Morgan fingerprint density at radius 3 is 2.83 bits per heavy atom. The molecule has 0 aromatic heterocycles. The van der Waals surface area contributed by atoms with Crippen LogP contribution in [0.25, 0.3) is 0 Å². The summed E-state index contributed by atoms with van der Waals surface area (Å²) in [4.78, 5) is 12.5. The molecule has 1 aromatic rings. The molecule has 3 heteroatoms. The topological polar surface area (TPSA) is 38.3 Å². The molecule has 1 aromatic carbocycles. The van der Waals surface area contributed by atoms with Crippen molar-refractivity contribution >= 4 is 5.91 Å². The molecule has 1 heterocycles. The van der Waals surface area contributed by atoms with Crippen molar-refractivity contribution in [3.8, 4) is 0 Å². The Balaban J connectivity index is 1.52. The SMILES string of the molecule is CC(C)(C)C1OCCCC1CNC(=O)CC1CCc2ccccc21. The maximum absolute atomic E-state index is 12.5. The van der Waals surface area contributed by atoms with Gasteiger partial charge in [0.15, 0.2) is 0 Å². The van der Waals surface area contributed by atoms with E-state index >= 15 is 0 Å². The van der Waals surface area contributed by atoms with E-state index in [1.807, 2.05) is 0 Å². The molecular formula is C21H31NO2. The first-order valence-electron chi connectivity index (χ1n) is 9.41. The average molecular weight is 329 g/mol. The van der Waals surface area contributed by atoms with Crippen LogP contribution in [0.4, 0.5) is 0 Å². The summed E-state index contributed by atoms with van der Waals surface area (Å²) in [5.41, 5.74) is 2.92. The number of fused-ring (bicyclic) bond motifs is 1. The summed E-state index contributed by atoms with van der Waals surface area (Å²) in [5, 5.41) is 3.19. The van der Waals surface area contributed by atoms with Gasteiger partial charge in [0, 0.05) is 25.5 Å². The van der Waals surface area contributed by atoms with E-state index in [0.29, 0.717) is 18.3 Å². The zero-order valence-electron chi connectivity index (χ0n) is 15.3. The second-order valence-electron chi connectivity index (χ2n) is 8.50. The molecule has 3 atom stereocenters. The van der Waals surface area contributed by atoms with Crippen molar-refractivity contribution in [2.45, 2.75) is 64.9 Å². The van der Waals surface area contributed by atoms with Gasteiger partial charge in [-0.05, 0) is 48.1 Å². The first-order chi connectivity index (χ1) is 11.4. The van der Waals surface area contributed by atoms with Crippen LogP contribution in [0, 0.1) is 11.3 Å². The van der Waals surface area contributed by atoms with E-state index in [0.717, 1.165) is 38.8 Å². The molecule has 132 valence electrons. The molecule has 1 amide bonds. The molecule has 1 aliphatic carbocycles. The van der Waals surface area contributed by atoms with Crippen molar-refractivity contribution < 1.29 is 9.53 Å². The van der Waals surface area contributed by atoms with Crippen molar-refractivity contribution in [1.29, 1.82) is 0 Å². The molecule has 3 nitrogen and oxygen atoms in total. The van der Waals surface area contributed by atoms with Crippen molar-refractivity contribution in [3.63, 3.8) is 0 Å². The Bertz CT molecular complexity index is 575. The van der Waals surface area contributed by atoms with E-state index in [-0.39, 0.29) is 17.4 Å². The van der Waals surface area contributed by atoms with Crippen LogP contribution in [0.2, 0.25) is 0 Å². The maximum atomic E-state index is 12.5. The third-order valence-electron chi connectivity index (χ3n) is 5.55. The maximum Gasteiger partial charge on any atom is 0.220 e. The molecule has 1 N–H and O–H groups in total. The summed E-state index contributed by atoms with van der Waals surface area (Å²) in [7, 11) is 0. The highest BCUT2D eigenvalue weighted by atomic mass is 16.5. The van der Waals surface area contributed by atoms with Crippen LogP contribution in [0.3, 0.4) is 0 Å². The lowest BCUT2D eigenvalue weighted by molar-refractivity contribution is -0.123. The Morgan fingerprint density at radius 2 is 2.04 bits per heavy atom. The highest BCUT2D eigenvalue weighted by Crippen LogP contribution is 2.36. The van der Waals surface area contributed by atoms with E-state index < -0.39 is 0 Å². The third kappa shape index (κ3) is 4.00. The van der Waals surface area contributed by atoms with Crippen molar-refractivity contribution in [2.24, 2.45) is 11.3 Å². The number of nitrogens with one attached hydrogen (secondary N) is 1. The Hall–Kier alpha value is -1.35. The largest absolute Gasteiger partial charge is 0.377 e. The zero-order chi connectivity index (χ0) is 17.2. The smallest absolute Gasteiger partial charge is 0.220 e. The second kappa shape index (κ2) is 7.26. The Kier molecular flexibility index (Phi) is 5.29. The fraction of sp³-hybridized carbons (Fsp3) is 0.667. The van der Waals surface area contributed by atoms with Gasteiger partial charge < -0.3 is 10.1 Å². The molecular weight excluding hydrogens is 298 g/mol. The molecule has 0 saturated carbocycles. The van der Waals surface area contributed by atoms with Gasteiger partial charge in [0.1, 0.15) is 0 Å². The summed E-state index contributed by atoms with van der Waals surface area (Å²) in [5.74, 6) is 1.01. The summed E-state index contributed by atoms with van der Waals surface area (Å²) >= 11 is 0. The van der Waals surface area contributed by atoms with Gasteiger partial charge >= 0.3 is 0 Å². The van der Waals surface area contributed by atoms with Crippen LogP contribution >= 0.6 is 0 Å². The highest BCUT2D eigenvalue weighted by Gasteiger charge is 2.35. The van der Waals surface area contributed by atoms with Gasteiger partial charge in [0.2, 0.25) is 5.91 Å². The van der Waals surface area contributed by atoms with Crippen molar-refractivity contribution in [3.05, 3.63) is 35.4 Å². The quantitative estimate of drug-likeness (QED) is 0.904. The normalized spacial score (nSPS) is 26.9. The number of benzene rings is 1.